The predicted molar refractivity (Wildman–Crippen MR) is 79.5 cm³/mol. The number of rotatable bonds is 8. The molecule has 0 aromatic heterocycles. The SMILES string of the molecule is CCOc1ccc(CNCC2CCCO2)cc1OCC. The fourth-order valence-corrected chi connectivity index (χ4v) is 2.39. The predicted octanol–water partition coefficient (Wildman–Crippen LogP) is 2.75. The molecule has 0 amide bonds. The second kappa shape index (κ2) is 8.12. The van der Waals surface area contributed by atoms with Gasteiger partial charge in [-0.1, -0.05) is 6.07 Å². The molecule has 1 atom stereocenters. The van der Waals surface area contributed by atoms with Gasteiger partial charge in [0, 0.05) is 19.7 Å². The van der Waals surface area contributed by atoms with Crippen molar-refractivity contribution in [1.82, 2.24) is 5.32 Å². The average molecular weight is 279 g/mol. The summed E-state index contributed by atoms with van der Waals surface area (Å²) in [7, 11) is 0. The third-order valence-electron chi connectivity index (χ3n) is 3.33. The van der Waals surface area contributed by atoms with E-state index in [9.17, 15) is 0 Å². The Hall–Kier alpha value is -1.26. The zero-order chi connectivity index (χ0) is 14.2. The van der Waals surface area contributed by atoms with Crippen LogP contribution in [0.3, 0.4) is 0 Å². The Morgan fingerprint density at radius 3 is 2.70 bits per heavy atom. The third kappa shape index (κ3) is 4.39. The maximum Gasteiger partial charge on any atom is 0.161 e. The maximum atomic E-state index is 5.63. The summed E-state index contributed by atoms with van der Waals surface area (Å²) in [6, 6.07) is 6.12. The summed E-state index contributed by atoms with van der Waals surface area (Å²) in [4.78, 5) is 0. The summed E-state index contributed by atoms with van der Waals surface area (Å²) in [5.41, 5.74) is 1.20. The number of ether oxygens (including phenoxy) is 3. The quantitative estimate of drug-likeness (QED) is 0.794. The van der Waals surface area contributed by atoms with Crippen LogP contribution in [0.25, 0.3) is 0 Å². The molecule has 112 valence electrons. The highest BCUT2D eigenvalue weighted by atomic mass is 16.5. The Morgan fingerprint density at radius 1 is 1.20 bits per heavy atom. The molecule has 0 spiro atoms. The van der Waals surface area contributed by atoms with E-state index < -0.39 is 0 Å². The number of benzene rings is 1. The zero-order valence-corrected chi connectivity index (χ0v) is 12.5. The maximum absolute atomic E-state index is 5.63. The van der Waals surface area contributed by atoms with Crippen LogP contribution < -0.4 is 14.8 Å². The van der Waals surface area contributed by atoms with E-state index in [2.05, 4.69) is 17.4 Å². The molecule has 2 rings (SSSR count). The average Bonchev–Trinajstić information content (AvgIpc) is 2.95. The highest BCUT2D eigenvalue weighted by Gasteiger charge is 2.14. The molecule has 1 aromatic carbocycles. The van der Waals surface area contributed by atoms with Gasteiger partial charge in [0.05, 0.1) is 19.3 Å². The highest BCUT2D eigenvalue weighted by molar-refractivity contribution is 5.43. The molecule has 1 aromatic rings. The van der Waals surface area contributed by atoms with Gasteiger partial charge in [0.1, 0.15) is 0 Å². The van der Waals surface area contributed by atoms with Crippen LogP contribution in [-0.2, 0) is 11.3 Å². The van der Waals surface area contributed by atoms with Crippen molar-refractivity contribution in [3.63, 3.8) is 0 Å². The van der Waals surface area contributed by atoms with Gasteiger partial charge in [-0.2, -0.15) is 0 Å². The second-order valence-electron chi connectivity index (χ2n) is 4.91. The van der Waals surface area contributed by atoms with Crippen LogP contribution in [0.2, 0.25) is 0 Å². The van der Waals surface area contributed by atoms with Gasteiger partial charge in [0.2, 0.25) is 0 Å². The Kier molecular flexibility index (Phi) is 6.15. The molecule has 4 nitrogen and oxygen atoms in total. The van der Waals surface area contributed by atoms with E-state index in [4.69, 9.17) is 14.2 Å². The van der Waals surface area contributed by atoms with Gasteiger partial charge in [-0.25, -0.2) is 0 Å². The van der Waals surface area contributed by atoms with E-state index in [-0.39, 0.29) is 0 Å². The monoisotopic (exact) mass is 279 g/mol. The first-order valence-electron chi connectivity index (χ1n) is 7.54. The Bertz CT molecular complexity index is 403. The van der Waals surface area contributed by atoms with Crippen molar-refractivity contribution in [3.8, 4) is 11.5 Å². The van der Waals surface area contributed by atoms with Gasteiger partial charge in [-0.3, -0.25) is 0 Å². The number of hydrogen-bond acceptors (Lipinski definition) is 4. The zero-order valence-electron chi connectivity index (χ0n) is 12.5. The van der Waals surface area contributed by atoms with Crippen LogP contribution in [-0.4, -0.2) is 32.5 Å². The molecule has 0 aliphatic carbocycles. The molecular weight excluding hydrogens is 254 g/mol. The summed E-state index contributed by atoms with van der Waals surface area (Å²) in [5.74, 6) is 1.64. The van der Waals surface area contributed by atoms with Crippen molar-refractivity contribution in [1.29, 1.82) is 0 Å². The smallest absolute Gasteiger partial charge is 0.161 e. The van der Waals surface area contributed by atoms with Gasteiger partial charge in [0.25, 0.3) is 0 Å². The van der Waals surface area contributed by atoms with E-state index in [1.165, 1.54) is 18.4 Å². The van der Waals surface area contributed by atoms with Crippen LogP contribution in [0.15, 0.2) is 18.2 Å². The summed E-state index contributed by atoms with van der Waals surface area (Å²) < 4.78 is 16.8. The first-order valence-corrected chi connectivity index (χ1v) is 7.54. The number of nitrogens with one attached hydrogen (secondary N) is 1. The van der Waals surface area contributed by atoms with Crippen molar-refractivity contribution >= 4 is 0 Å². The normalized spacial score (nSPS) is 18.2. The molecule has 1 saturated heterocycles. The molecule has 1 aliphatic heterocycles. The lowest BCUT2D eigenvalue weighted by molar-refractivity contribution is 0.110. The minimum atomic E-state index is 0.379. The van der Waals surface area contributed by atoms with Crippen molar-refractivity contribution in [2.45, 2.75) is 39.3 Å². The fraction of sp³-hybridized carbons (Fsp3) is 0.625. The summed E-state index contributed by atoms with van der Waals surface area (Å²) in [5, 5.41) is 3.44. The van der Waals surface area contributed by atoms with Crippen molar-refractivity contribution in [2.75, 3.05) is 26.4 Å². The fourth-order valence-electron chi connectivity index (χ4n) is 2.39. The second-order valence-corrected chi connectivity index (χ2v) is 4.91. The summed E-state index contributed by atoms with van der Waals surface area (Å²) in [6.07, 6.45) is 2.73. The molecule has 20 heavy (non-hydrogen) atoms. The Balaban J connectivity index is 1.88. The van der Waals surface area contributed by atoms with Crippen molar-refractivity contribution in [3.05, 3.63) is 23.8 Å². The van der Waals surface area contributed by atoms with Gasteiger partial charge < -0.3 is 19.5 Å². The van der Waals surface area contributed by atoms with Gasteiger partial charge >= 0.3 is 0 Å². The lowest BCUT2D eigenvalue weighted by atomic mass is 10.2. The molecule has 0 bridgehead atoms. The van der Waals surface area contributed by atoms with Gasteiger partial charge in [0.15, 0.2) is 11.5 Å². The molecule has 1 fully saturated rings. The van der Waals surface area contributed by atoms with E-state index >= 15 is 0 Å². The highest BCUT2D eigenvalue weighted by Crippen LogP contribution is 2.28. The van der Waals surface area contributed by atoms with Crippen molar-refractivity contribution in [2.24, 2.45) is 0 Å². The molecule has 0 radical (unpaired) electrons. The van der Waals surface area contributed by atoms with Crippen LogP contribution in [0.4, 0.5) is 0 Å². The van der Waals surface area contributed by atoms with E-state index in [0.29, 0.717) is 19.3 Å². The van der Waals surface area contributed by atoms with Crippen molar-refractivity contribution < 1.29 is 14.2 Å². The molecular formula is C16H25NO3. The van der Waals surface area contributed by atoms with Crippen LogP contribution in [0.5, 0.6) is 11.5 Å². The lowest BCUT2D eigenvalue weighted by Crippen LogP contribution is -2.25. The molecule has 1 aliphatic rings. The van der Waals surface area contributed by atoms with Crippen LogP contribution >= 0.6 is 0 Å². The van der Waals surface area contributed by atoms with Crippen LogP contribution in [0.1, 0.15) is 32.3 Å². The first-order chi connectivity index (χ1) is 9.83. The van der Waals surface area contributed by atoms with Crippen LogP contribution in [0, 0.1) is 0 Å². The van der Waals surface area contributed by atoms with E-state index in [0.717, 1.165) is 31.2 Å². The molecule has 4 heteroatoms. The Labute approximate surface area is 121 Å². The van der Waals surface area contributed by atoms with E-state index in [1.807, 2.05) is 19.9 Å². The minimum Gasteiger partial charge on any atom is -0.490 e. The van der Waals surface area contributed by atoms with Gasteiger partial charge in [-0.05, 0) is 44.4 Å². The Morgan fingerprint density at radius 2 is 2.00 bits per heavy atom. The molecule has 0 saturated carbocycles. The van der Waals surface area contributed by atoms with Gasteiger partial charge in [-0.15, -0.1) is 0 Å². The topological polar surface area (TPSA) is 39.7 Å². The number of hydrogen-bond donors (Lipinski definition) is 1. The molecule has 1 heterocycles. The summed E-state index contributed by atoms with van der Waals surface area (Å²) >= 11 is 0. The molecule has 1 N–H and O–H groups in total. The largest absolute Gasteiger partial charge is 0.490 e. The standard InChI is InChI=1S/C16H25NO3/c1-3-18-15-8-7-13(10-16(15)19-4-2)11-17-12-14-6-5-9-20-14/h7-8,10,14,17H,3-6,9,11-12H2,1-2H3. The van der Waals surface area contributed by atoms with E-state index in [1.54, 1.807) is 0 Å². The lowest BCUT2D eigenvalue weighted by Gasteiger charge is -2.14. The minimum absolute atomic E-state index is 0.379. The molecule has 1 unspecified atom stereocenters. The summed E-state index contributed by atoms with van der Waals surface area (Å²) in [6.45, 7) is 7.90. The third-order valence-corrected chi connectivity index (χ3v) is 3.33. The first kappa shape index (κ1) is 15.1.